The highest BCUT2D eigenvalue weighted by Gasteiger charge is 2.45. The molecule has 6 heteroatoms. The van der Waals surface area contributed by atoms with Crippen LogP contribution in [0, 0.1) is 0 Å². The number of carbonyl (C=O) groups is 2. The molecule has 2 aliphatic rings. The first-order valence-corrected chi connectivity index (χ1v) is 4.28. The van der Waals surface area contributed by atoms with E-state index in [1.165, 1.54) is 4.90 Å². The van der Waals surface area contributed by atoms with Gasteiger partial charge in [-0.3, -0.25) is 10.0 Å². The summed E-state index contributed by atoms with van der Waals surface area (Å²) >= 11 is 0. The molecular weight excluding hydrogens is 186 g/mol. The highest BCUT2D eigenvalue weighted by Crippen LogP contribution is 2.27. The second-order valence-corrected chi connectivity index (χ2v) is 3.55. The van der Waals surface area contributed by atoms with Crippen molar-refractivity contribution in [1.29, 1.82) is 0 Å². The summed E-state index contributed by atoms with van der Waals surface area (Å²) in [6, 6.07) is -1.62. The minimum atomic E-state index is -0.726. The Bertz CT molecular complexity index is 339. The molecule has 0 aromatic rings. The van der Waals surface area contributed by atoms with E-state index >= 15 is 0 Å². The molecule has 0 aliphatic carbocycles. The number of hydrogen-bond acceptors (Lipinski definition) is 3. The summed E-state index contributed by atoms with van der Waals surface area (Å²) in [5.41, 5.74) is 5.93. The maximum atomic E-state index is 11.4. The van der Waals surface area contributed by atoms with Crippen LogP contribution in [0.5, 0.6) is 0 Å². The van der Waals surface area contributed by atoms with Gasteiger partial charge in [-0.2, -0.15) is 5.06 Å². The summed E-state index contributed by atoms with van der Waals surface area (Å²) in [6.45, 7) is 2.09. The van der Waals surface area contributed by atoms with Crippen LogP contribution in [0.2, 0.25) is 0 Å². The number of carbonyl (C=O) groups excluding carboxylic acids is 2. The molecule has 0 aromatic heterocycles. The monoisotopic (exact) mass is 197 g/mol. The van der Waals surface area contributed by atoms with E-state index in [4.69, 9.17) is 5.73 Å². The Balaban J connectivity index is 2.39. The van der Waals surface area contributed by atoms with Crippen molar-refractivity contribution in [3.05, 3.63) is 11.6 Å². The van der Waals surface area contributed by atoms with Gasteiger partial charge in [0.1, 0.15) is 6.04 Å². The van der Waals surface area contributed by atoms with Crippen molar-refractivity contribution in [3.63, 3.8) is 0 Å². The number of urea groups is 1. The lowest BCUT2D eigenvalue weighted by Crippen LogP contribution is -2.46. The summed E-state index contributed by atoms with van der Waals surface area (Å²) in [7, 11) is 0. The molecule has 3 N–H and O–H groups in total. The van der Waals surface area contributed by atoms with Crippen molar-refractivity contribution in [3.8, 4) is 0 Å². The Morgan fingerprint density at radius 3 is 2.93 bits per heavy atom. The van der Waals surface area contributed by atoms with Crippen LogP contribution in [0.3, 0.4) is 0 Å². The Morgan fingerprint density at radius 2 is 2.36 bits per heavy atom. The first-order chi connectivity index (χ1) is 6.52. The molecule has 76 valence electrons. The van der Waals surface area contributed by atoms with Crippen molar-refractivity contribution in [2.45, 2.75) is 19.0 Å². The minimum Gasteiger partial charge on any atom is -0.368 e. The number of fused-ring (bicyclic) bond motifs is 2. The topological polar surface area (TPSA) is 86.9 Å². The predicted molar refractivity (Wildman–Crippen MR) is 46.3 cm³/mol. The minimum absolute atomic E-state index is 0.325. The number of amides is 3. The Morgan fingerprint density at radius 1 is 1.71 bits per heavy atom. The Hall–Kier alpha value is -1.56. The van der Waals surface area contributed by atoms with Gasteiger partial charge in [0.25, 0.3) is 0 Å². The molecule has 2 unspecified atom stereocenters. The first-order valence-electron chi connectivity index (χ1n) is 4.28. The van der Waals surface area contributed by atoms with Crippen molar-refractivity contribution in [1.82, 2.24) is 9.96 Å². The fraction of sp³-hybridized carbons (Fsp3) is 0.500. The van der Waals surface area contributed by atoms with Crippen LogP contribution in [-0.4, -0.2) is 45.7 Å². The molecule has 0 radical (unpaired) electrons. The first kappa shape index (κ1) is 9.01. The quantitative estimate of drug-likeness (QED) is 0.430. The number of rotatable bonds is 1. The van der Waals surface area contributed by atoms with Crippen LogP contribution >= 0.6 is 0 Å². The van der Waals surface area contributed by atoms with Gasteiger partial charge < -0.3 is 10.6 Å². The summed E-state index contributed by atoms with van der Waals surface area (Å²) in [4.78, 5) is 23.7. The number of hydroxylamine groups is 2. The third kappa shape index (κ3) is 1.00. The van der Waals surface area contributed by atoms with Gasteiger partial charge in [-0.25, -0.2) is 4.79 Å². The number of primary amides is 1. The summed E-state index contributed by atoms with van der Waals surface area (Å²) < 4.78 is 0. The lowest BCUT2D eigenvalue weighted by atomic mass is 10.0. The predicted octanol–water partition coefficient (Wildman–Crippen LogP) is -0.704. The summed E-state index contributed by atoms with van der Waals surface area (Å²) in [6.07, 6.45) is 1.62. The van der Waals surface area contributed by atoms with E-state index in [2.05, 4.69) is 0 Å². The molecule has 2 heterocycles. The molecule has 1 saturated heterocycles. The Kier molecular flexibility index (Phi) is 1.75. The standard InChI is InChI=1S/C8H11N3O3/c1-4-2-5(7(9)12)10-3-6(4)11(14)8(10)13/h2,5-6,14H,3H2,1H3,(H2,9,12). The van der Waals surface area contributed by atoms with Gasteiger partial charge in [0.05, 0.1) is 12.6 Å². The number of nitrogens with two attached hydrogens (primary N) is 1. The second kappa shape index (κ2) is 2.71. The van der Waals surface area contributed by atoms with Crippen LogP contribution in [-0.2, 0) is 4.79 Å². The average Bonchev–Trinajstić information content (AvgIpc) is 2.37. The number of nitrogens with zero attached hydrogens (tertiary/aromatic N) is 2. The molecule has 2 rings (SSSR count). The second-order valence-electron chi connectivity index (χ2n) is 3.55. The molecule has 3 amide bonds. The van der Waals surface area contributed by atoms with Crippen molar-refractivity contribution < 1.29 is 14.8 Å². The highest BCUT2D eigenvalue weighted by atomic mass is 16.5. The molecule has 0 saturated carbocycles. The largest absolute Gasteiger partial charge is 0.368 e. The van der Waals surface area contributed by atoms with E-state index in [1.807, 2.05) is 0 Å². The molecule has 6 nitrogen and oxygen atoms in total. The summed E-state index contributed by atoms with van der Waals surface area (Å²) in [5, 5.41) is 10.0. The fourth-order valence-electron chi connectivity index (χ4n) is 1.86. The van der Waals surface area contributed by atoms with Crippen LogP contribution in [0.15, 0.2) is 11.6 Å². The van der Waals surface area contributed by atoms with Gasteiger partial charge in [0, 0.05) is 0 Å². The van der Waals surface area contributed by atoms with Gasteiger partial charge >= 0.3 is 6.03 Å². The fourth-order valence-corrected chi connectivity index (χ4v) is 1.86. The molecular formula is C8H11N3O3. The van der Waals surface area contributed by atoms with Gasteiger partial charge in [0.15, 0.2) is 0 Å². The van der Waals surface area contributed by atoms with E-state index in [-0.39, 0.29) is 6.04 Å². The average molecular weight is 197 g/mol. The highest BCUT2D eigenvalue weighted by molar-refractivity contribution is 5.89. The molecule has 2 aliphatic heterocycles. The van der Waals surface area contributed by atoms with Crippen molar-refractivity contribution in [2.75, 3.05) is 6.54 Å². The van der Waals surface area contributed by atoms with Crippen LogP contribution < -0.4 is 5.73 Å². The molecule has 1 fully saturated rings. The summed E-state index contributed by atoms with van der Waals surface area (Å²) in [5.74, 6) is -0.577. The van der Waals surface area contributed by atoms with E-state index in [9.17, 15) is 14.8 Å². The maximum absolute atomic E-state index is 11.4. The molecule has 0 spiro atoms. The van der Waals surface area contributed by atoms with Gasteiger partial charge in [-0.05, 0) is 12.5 Å². The zero-order chi connectivity index (χ0) is 10.5. The molecule has 2 bridgehead atoms. The molecule has 0 aromatic carbocycles. The third-order valence-electron chi connectivity index (χ3n) is 2.68. The van der Waals surface area contributed by atoms with Crippen molar-refractivity contribution >= 4 is 11.9 Å². The van der Waals surface area contributed by atoms with Crippen LogP contribution in [0.4, 0.5) is 4.79 Å². The smallest absolute Gasteiger partial charge is 0.345 e. The van der Waals surface area contributed by atoms with E-state index in [0.717, 1.165) is 5.57 Å². The van der Waals surface area contributed by atoms with Gasteiger partial charge in [-0.15, -0.1) is 0 Å². The lowest BCUT2D eigenvalue weighted by Gasteiger charge is -2.25. The Labute approximate surface area is 80.5 Å². The zero-order valence-electron chi connectivity index (χ0n) is 7.67. The van der Waals surface area contributed by atoms with Crippen molar-refractivity contribution in [2.24, 2.45) is 5.73 Å². The molecule has 14 heavy (non-hydrogen) atoms. The molecule has 2 atom stereocenters. The van der Waals surface area contributed by atoms with Crippen LogP contribution in [0.1, 0.15) is 6.92 Å². The van der Waals surface area contributed by atoms with Gasteiger partial charge in [-0.1, -0.05) is 6.08 Å². The number of hydrogen-bond donors (Lipinski definition) is 2. The zero-order valence-corrected chi connectivity index (χ0v) is 7.67. The maximum Gasteiger partial charge on any atom is 0.345 e. The SMILES string of the molecule is CC1=CC(C(N)=O)N2CC1N(O)C2=O. The lowest BCUT2D eigenvalue weighted by molar-refractivity contribution is -0.120. The van der Waals surface area contributed by atoms with Crippen LogP contribution in [0.25, 0.3) is 0 Å². The van der Waals surface area contributed by atoms with E-state index < -0.39 is 18.0 Å². The normalized spacial score (nSPS) is 30.7. The van der Waals surface area contributed by atoms with E-state index in [0.29, 0.717) is 11.6 Å². The van der Waals surface area contributed by atoms with E-state index in [1.54, 1.807) is 13.0 Å². The third-order valence-corrected chi connectivity index (χ3v) is 2.68. The van der Waals surface area contributed by atoms with Gasteiger partial charge in [0.2, 0.25) is 5.91 Å².